The normalized spacial score (nSPS) is 18.6. The van der Waals surface area contributed by atoms with E-state index < -0.39 is 5.92 Å². The number of aromatic nitrogens is 1. The van der Waals surface area contributed by atoms with Gasteiger partial charge in [-0.2, -0.15) is 0 Å². The average molecular weight is 570 g/mol. The molecule has 0 spiro atoms. The Bertz CT molecular complexity index is 1130. The van der Waals surface area contributed by atoms with E-state index >= 15 is 0 Å². The van der Waals surface area contributed by atoms with Gasteiger partial charge in [-0.05, 0) is 48.8 Å². The Labute approximate surface area is 243 Å². The summed E-state index contributed by atoms with van der Waals surface area (Å²) in [6.07, 6.45) is 7.96. The number of thiazole rings is 1. The summed E-state index contributed by atoms with van der Waals surface area (Å²) in [5.41, 5.74) is 2.22. The lowest BCUT2D eigenvalue weighted by molar-refractivity contribution is -0.130. The predicted molar refractivity (Wildman–Crippen MR) is 161 cm³/mol. The van der Waals surface area contributed by atoms with Crippen LogP contribution in [0, 0.1) is 11.8 Å². The van der Waals surface area contributed by atoms with E-state index in [-0.39, 0.29) is 29.9 Å². The van der Waals surface area contributed by atoms with Gasteiger partial charge in [-0.3, -0.25) is 19.3 Å². The van der Waals surface area contributed by atoms with Gasteiger partial charge in [0.05, 0.1) is 40.9 Å². The Morgan fingerprint density at radius 3 is 2.55 bits per heavy atom. The molecular formula is C32H47N3O4S. The standard InChI is InChI=1S/C32H47N3O4S/c1-4-26(36)18-25(20-31-33-29-12-10-24(22(2)3)19-30(29)40-31)32(38)34-28(23-8-6-5-7-9-23)13-11-27(37)21-35-14-16-39-17-15-35/h10,12,19,22-23,25,28H,4-9,11,13-18,20-21H2,1-3H3,(H,34,38)/t25-,28+/m0/s1. The number of nitrogens with zero attached hydrogens (tertiary/aromatic N) is 2. The predicted octanol–water partition coefficient (Wildman–Crippen LogP) is 5.69. The molecule has 2 fully saturated rings. The van der Waals surface area contributed by atoms with Gasteiger partial charge in [0.1, 0.15) is 11.6 Å². The highest BCUT2D eigenvalue weighted by atomic mass is 32.1. The number of nitrogens with one attached hydrogen (secondary N) is 1. The number of benzene rings is 1. The van der Waals surface area contributed by atoms with Crippen LogP contribution in [-0.4, -0.2) is 66.2 Å². The maximum absolute atomic E-state index is 13.8. The van der Waals surface area contributed by atoms with Crippen molar-refractivity contribution in [1.29, 1.82) is 0 Å². The van der Waals surface area contributed by atoms with E-state index in [1.165, 1.54) is 24.8 Å². The zero-order chi connectivity index (χ0) is 28.5. The van der Waals surface area contributed by atoms with Crippen LogP contribution in [0.4, 0.5) is 0 Å². The van der Waals surface area contributed by atoms with Crippen LogP contribution >= 0.6 is 11.3 Å². The second-order valence-corrected chi connectivity index (χ2v) is 13.1. The van der Waals surface area contributed by atoms with Crippen molar-refractivity contribution in [2.24, 2.45) is 11.8 Å². The van der Waals surface area contributed by atoms with Gasteiger partial charge in [0.2, 0.25) is 5.91 Å². The quantitative estimate of drug-likeness (QED) is 0.314. The maximum Gasteiger partial charge on any atom is 0.224 e. The fourth-order valence-corrected chi connectivity index (χ4v) is 7.09. The lowest BCUT2D eigenvalue weighted by Crippen LogP contribution is -2.45. The highest BCUT2D eigenvalue weighted by molar-refractivity contribution is 7.18. The third-order valence-corrected chi connectivity index (χ3v) is 9.61. The summed E-state index contributed by atoms with van der Waals surface area (Å²) < 4.78 is 6.53. The molecule has 1 aromatic carbocycles. The molecule has 8 heteroatoms. The molecule has 40 heavy (non-hydrogen) atoms. The Hall–Kier alpha value is -2.16. The number of carbonyl (C=O) groups is 3. The highest BCUT2D eigenvalue weighted by Gasteiger charge is 2.30. The molecule has 1 N–H and O–H groups in total. The van der Waals surface area contributed by atoms with Crippen molar-refractivity contribution < 1.29 is 19.1 Å². The van der Waals surface area contributed by atoms with E-state index in [2.05, 4.69) is 42.3 Å². The molecule has 2 aliphatic rings. The second kappa shape index (κ2) is 15.2. The van der Waals surface area contributed by atoms with E-state index in [0.717, 1.165) is 41.2 Å². The molecule has 2 aromatic rings. The minimum absolute atomic E-state index is 0.0374. The largest absolute Gasteiger partial charge is 0.379 e. The molecule has 1 aromatic heterocycles. The van der Waals surface area contributed by atoms with Gasteiger partial charge in [0.15, 0.2) is 0 Å². The molecule has 0 unspecified atom stereocenters. The van der Waals surface area contributed by atoms with Gasteiger partial charge in [-0.15, -0.1) is 11.3 Å². The third kappa shape index (κ3) is 8.92. The zero-order valence-corrected chi connectivity index (χ0v) is 25.4. The number of ether oxygens (including phenoxy) is 1. The molecule has 0 bridgehead atoms. The van der Waals surface area contributed by atoms with Gasteiger partial charge >= 0.3 is 0 Å². The first kappa shape index (κ1) is 30.8. The van der Waals surface area contributed by atoms with Crippen LogP contribution in [0.5, 0.6) is 0 Å². The lowest BCUT2D eigenvalue weighted by atomic mass is 9.81. The number of carbonyl (C=O) groups excluding carboxylic acids is 3. The number of fused-ring (bicyclic) bond motifs is 1. The lowest BCUT2D eigenvalue weighted by Gasteiger charge is -2.32. The summed E-state index contributed by atoms with van der Waals surface area (Å²) in [5.74, 6) is 0.623. The van der Waals surface area contributed by atoms with E-state index in [4.69, 9.17) is 9.72 Å². The number of ketones is 2. The summed E-state index contributed by atoms with van der Waals surface area (Å²) >= 11 is 1.63. The van der Waals surface area contributed by atoms with Crippen molar-refractivity contribution in [3.63, 3.8) is 0 Å². The Morgan fingerprint density at radius 1 is 1.10 bits per heavy atom. The summed E-state index contributed by atoms with van der Waals surface area (Å²) in [6.45, 7) is 9.63. The number of rotatable bonds is 14. The van der Waals surface area contributed by atoms with Gasteiger partial charge in [0.25, 0.3) is 0 Å². The average Bonchev–Trinajstić information content (AvgIpc) is 3.37. The van der Waals surface area contributed by atoms with Crippen molar-refractivity contribution in [3.8, 4) is 0 Å². The van der Waals surface area contributed by atoms with Crippen LogP contribution < -0.4 is 5.32 Å². The fourth-order valence-electron chi connectivity index (χ4n) is 5.99. The summed E-state index contributed by atoms with van der Waals surface area (Å²) in [5, 5.41) is 4.25. The minimum atomic E-state index is -0.451. The molecule has 1 amide bonds. The molecule has 1 aliphatic heterocycles. The van der Waals surface area contributed by atoms with Crippen molar-refractivity contribution in [1.82, 2.24) is 15.2 Å². The molecular weight excluding hydrogens is 522 g/mol. The number of amides is 1. The molecule has 0 radical (unpaired) electrons. The van der Waals surface area contributed by atoms with E-state index in [0.29, 0.717) is 57.3 Å². The topological polar surface area (TPSA) is 88.6 Å². The van der Waals surface area contributed by atoms with Crippen molar-refractivity contribution in [2.75, 3.05) is 32.8 Å². The Kier molecular flexibility index (Phi) is 11.7. The molecule has 1 saturated carbocycles. The van der Waals surface area contributed by atoms with Crippen LogP contribution in [0.1, 0.15) is 95.0 Å². The van der Waals surface area contributed by atoms with E-state index in [1.54, 1.807) is 11.3 Å². The number of Topliss-reactive ketones (excluding diaryl/α,β-unsaturated/α-hetero) is 2. The van der Waals surface area contributed by atoms with Gasteiger partial charge in [-0.1, -0.05) is 46.1 Å². The monoisotopic (exact) mass is 569 g/mol. The van der Waals surface area contributed by atoms with Crippen molar-refractivity contribution in [3.05, 3.63) is 28.8 Å². The summed E-state index contributed by atoms with van der Waals surface area (Å²) in [6, 6.07) is 6.34. The molecule has 1 saturated heterocycles. The van der Waals surface area contributed by atoms with E-state index in [1.807, 2.05) is 6.92 Å². The second-order valence-electron chi connectivity index (χ2n) is 12.0. The molecule has 2 atom stereocenters. The summed E-state index contributed by atoms with van der Waals surface area (Å²) in [4.78, 5) is 46.2. The Balaban J connectivity index is 1.44. The van der Waals surface area contributed by atoms with Crippen LogP contribution in [0.15, 0.2) is 18.2 Å². The van der Waals surface area contributed by atoms with Crippen molar-refractivity contribution in [2.45, 2.75) is 96.9 Å². The zero-order valence-electron chi connectivity index (χ0n) is 24.6. The first-order valence-corrected chi connectivity index (χ1v) is 16.2. The van der Waals surface area contributed by atoms with Crippen LogP contribution in [0.25, 0.3) is 10.2 Å². The van der Waals surface area contributed by atoms with Crippen LogP contribution in [0.2, 0.25) is 0 Å². The number of hydrogen-bond acceptors (Lipinski definition) is 7. The van der Waals surface area contributed by atoms with Gasteiger partial charge in [0, 0.05) is 44.8 Å². The van der Waals surface area contributed by atoms with Gasteiger partial charge in [-0.25, -0.2) is 4.98 Å². The van der Waals surface area contributed by atoms with Gasteiger partial charge < -0.3 is 10.1 Å². The maximum atomic E-state index is 13.8. The van der Waals surface area contributed by atoms with Crippen molar-refractivity contribution >= 4 is 39.0 Å². The smallest absolute Gasteiger partial charge is 0.224 e. The first-order chi connectivity index (χ1) is 19.3. The Morgan fingerprint density at radius 2 is 1.85 bits per heavy atom. The molecule has 7 nitrogen and oxygen atoms in total. The fraction of sp³-hybridized carbons (Fsp3) is 0.688. The number of morpholine rings is 1. The van der Waals surface area contributed by atoms with Crippen LogP contribution in [0.3, 0.4) is 0 Å². The molecule has 2 heterocycles. The minimum Gasteiger partial charge on any atom is -0.379 e. The molecule has 4 rings (SSSR count). The molecule has 220 valence electrons. The van der Waals surface area contributed by atoms with Crippen LogP contribution in [-0.2, 0) is 25.5 Å². The first-order valence-electron chi connectivity index (χ1n) is 15.4. The third-order valence-electron chi connectivity index (χ3n) is 8.57. The molecule has 1 aliphatic carbocycles. The van der Waals surface area contributed by atoms with E-state index in [9.17, 15) is 14.4 Å². The summed E-state index contributed by atoms with van der Waals surface area (Å²) in [7, 11) is 0. The SMILES string of the molecule is CCC(=O)C[C@@H](Cc1nc2ccc(C(C)C)cc2s1)C(=O)N[C@H](CCC(=O)CN1CCOCC1)C1CCCCC1. The highest BCUT2D eigenvalue weighted by Crippen LogP contribution is 2.31. The number of hydrogen-bond donors (Lipinski definition) is 1.